The summed E-state index contributed by atoms with van der Waals surface area (Å²) in [6.45, 7) is 4.57. The molecule has 0 aliphatic rings. The fourth-order valence-electron chi connectivity index (χ4n) is 0.704. The van der Waals surface area contributed by atoms with E-state index < -0.39 is 21.1 Å². The van der Waals surface area contributed by atoms with Gasteiger partial charge < -0.3 is 0 Å². The summed E-state index contributed by atoms with van der Waals surface area (Å²) in [6, 6.07) is 0. The van der Waals surface area contributed by atoms with E-state index in [1.807, 2.05) is 6.92 Å². The first-order valence-electron chi connectivity index (χ1n) is 4.17. The van der Waals surface area contributed by atoms with Crippen molar-refractivity contribution in [2.75, 3.05) is 6.61 Å². The van der Waals surface area contributed by atoms with Crippen LogP contribution in [0.5, 0.6) is 0 Å². The van der Waals surface area contributed by atoms with Gasteiger partial charge in [-0.2, -0.15) is 0 Å². The molecule has 0 spiro atoms. The topological polar surface area (TPSA) is 26.3 Å². The molecule has 0 heterocycles. The van der Waals surface area contributed by atoms with Gasteiger partial charge in [0.25, 0.3) is 0 Å². The van der Waals surface area contributed by atoms with Gasteiger partial charge in [-0.25, -0.2) is 0 Å². The fourth-order valence-corrected chi connectivity index (χ4v) is 3.81. The molecule has 2 nitrogen and oxygen atoms in total. The zero-order valence-corrected chi connectivity index (χ0v) is 10.2. The molecule has 0 aliphatic carbocycles. The van der Waals surface area contributed by atoms with Crippen LogP contribution >= 0.6 is 0 Å². The van der Waals surface area contributed by atoms with Gasteiger partial charge in [-0.15, -0.1) is 0 Å². The number of unbranched alkanes of at least 4 members (excludes halogenated alkanes) is 1. The Morgan fingerprint density at radius 1 is 1.45 bits per heavy atom. The average molecular weight is 263 g/mol. The summed E-state index contributed by atoms with van der Waals surface area (Å²) in [6.07, 6.45) is 2.55. The first-order chi connectivity index (χ1) is 5.31. The molecule has 3 heteroatoms. The summed E-state index contributed by atoms with van der Waals surface area (Å²) in [7, 11) is 0. The average Bonchev–Trinajstić information content (AvgIpc) is 1.99. The van der Waals surface area contributed by atoms with Crippen molar-refractivity contribution in [2.24, 2.45) is 0 Å². The van der Waals surface area contributed by atoms with E-state index in [2.05, 4.69) is 6.92 Å². The predicted molar refractivity (Wildman–Crippen MR) is 46.9 cm³/mol. The second-order valence-corrected chi connectivity index (χ2v) is 6.20. The predicted octanol–water partition coefficient (Wildman–Crippen LogP) is 1.89. The van der Waals surface area contributed by atoms with Gasteiger partial charge >= 0.3 is 78.8 Å². The first-order valence-corrected chi connectivity index (χ1v) is 8.21. The zero-order valence-electron chi connectivity index (χ0n) is 7.35. The maximum atomic E-state index is 10.8. The van der Waals surface area contributed by atoms with Crippen molar-refractivity contribution in [3.8, 4) is 0 Å². The Hall–Kier alpha value is 0.269. The van der Waals surface area contributed by atoms with Crippen LogP contribution in [0.15, 0.2) is 0 Å². The summed E-state index contributed by atoms with van der Waals surface area (Å²) < 4.78 is 6.90. The minimum absolute atomic E-state index is 0.0233. The van der Waals surface area contributed by atoms with E-state index in [4.69, 9.17) is 4.74 Å². The molecule has 0 amide bonds. The number of hydrogen-bond donors (Lipinski definition) is 0. The first kappa shape index (κ1) is 11.3. The number of ether oxygens (including phenoxy) is 1. The van der Waals surface area contributed by atoms with Gasteiger partial charge in [-0.1, -0.05) is 0 Å². The zero-order chi connectivity index (χ0) is 8.53. The van der Waals surface area contributed by atoms with Gasteiger partial charge in [0.05, 0.1) is 0 Å². The Kier molecular flexibility index (Phi) is 8.57. The standard InChI is InChI=1S/C4H7O2.C4H9.Sn/c1-3-6-4(2)5;1-3-4-2;/h2-3H2,1H3;1,3-4H2,2H3;. The van der Waals surface area contributed by atoms with Crippen molar-refractivity contribution < 1.29 is 9.53 Å². The Bertz CT molecular complexity index is 104. The SMILES string of the molecule is CCC[CH2][Sn][CH2]C(=O)OCC. The van der Waals surface area contributed by atoms with Crippen LogP contribution in [-0.2, 0) is 9.53 Å². The van der Waals surface area contributed by atoms with Crippen LogP contribution in [0.3, 0.4) is 0 Å². The van der Waals surface area contributed by atoms with E-state index in [1.165, 1.54) is 17.3 Å². The van der Waals surface area contributed by atoms with Crippen LogP contribution < -0.4 is 0 Å². The normalized spacial score (nSPS) is 9.64. The maximum absolute atomic E-state index is 10.8. The number of carbonyl (C=O) groups is 1. The van der Waals surface area contributed by atoms with Crippen molar-refractivity contribution in [2.45, 2.75) is 35.6 Å². The summed E-state index contributed by atoms with van der Waals surface area (Å²) >= 11 is -0.393. The van der Waals surface area contributed by atoms with Crippen molar-refractivity contribution in [3.63, 3.8) is 0 Å². The Morgan fingerprint density at radius 2 is 2.18 bits per heavy atom. The molecular formula is C8H16O2Sn. The van der Waals surface area contributed by atoms with Crippen molar-refractivity contribution >= 4 is 27.1 Å². The minimum atomic E-state index is -0.393. The number of carbonyl (C=O) groups excluding carboxylic acids is 1. The molecule has 0 aromatic rings. The van der Waals surface area contributed by atoms with Crippen LogP contribution in [0.25, 0.3) is 0 Å². The second-order valence-electron chi connectivity index (χ2n) is 2.34. The van der Waals surface area contributed by atoms with Crippen molar-refractivity contribution in [3.05, 3.63) is 0 Å². The Morgan fingerprint density at radius 3 is 2.73 bits per heavy atom. The molecule has 0 unspecified atom stereocenters. The molecule has 0 saturated heterocycles. The third kappa shape index (κ3) is 8.17. The molecular weight excluding hydrogens is 247 g/mol. The van der Waals surface area contributed by atoms with E-state index in [1.54, 1.807) is 0 Å². The molecule has 0 aliphatic heterocycles. The second kappa shape index (κ2) is 8.37. The third-order valence-corrected chi connectivity index (χ3v) is 4.84. The van der Waals surface area contributed by atoms with Crippen molar-refractivity contribution in [1.82, 2.24) is 0 Å². The number of hydrogen-bond acceptors (Lipinski definition) is 2. The molecule has 11 heavy (non-hydrogen) atoms. The summed E-state index contributed by atoms with van der Waals surface area (Å²) in [5, 5.41) is 0. The van der Waals surface area contributed by atoms with Crippen LogP contribution in [0.1, 0.15) is 26.7 Å². The molecule has 0 bridgehead atoms. The van der Waals surface area contributed by atoms with Gasteiger partial charge in [-0.3, -0.25) is 0 Å². The van der Waals surface area contributed by atoms with E-state index in [9.17, 15) is 4.79 Å². The summed E-state index contributed by atoms with van der Waals surface area (Å²) in [5.41, 5.74) is 0. The molecule has 2 radical (unpaired) electrons. The van der Waals surface area contributed by atoms with Gasteiger partial charge in [-0.05, 0) is 0 Å². The fraction of sp³-hybridized carbons (Fsp3) is 0.875. The van der Waals surface area contributed by atoms with E-state index in [0.29, 0.717) is 6.61 Å². The van der Waals surface area contributed by atoms with E-state index in [0.717, 1.165) is 4.44 Å². The van der Waals surface area contributed by atoms with Gasteiger partial charge in [0.1, 0.15) is 0 Å². The molecule has 0 fully saturated rings. The third-order valence-electron chi connectivity index (χ3n) is 1.28. The number of rotatable bonds is 6. The Labute approximate surface area is 78.9 Å². The van der Waals surface area contributed by atoms with Crippen LogP contribution in [0.2, 0.25) is 8.87 Å². The molecule has 0 N–H and O–H groups in total. The van der Waals surface area contributed by atoms with Crippen LogP contribution in [-0.4, -0.2) is 33.7 Å². The molecule has 0 atom stereocenters. The summed E-state index contributed by atoms with van der Waals surface area (Å²) in [4.78, 5) is 10.8. The number of esters is 1. The quantitative estimate of drug-likeness (QED) is 0.415. The molecule has 0 saturated carbocycles. The monoisotopic (exact) mass is 264 g/mol. The van der Waals surface area contributed by atoms with Crippen LogP contribution in [0.4, 0.5) is 0 Å². The van der Waals surface area contributed by atoms with Gasteiger partial charge in [0.15, 0.2) is 0 Å². The van der Waals surface area contributed by atoms with Gasteiger partial charge in [0.2, 0.25) is 0 Å². The molecule has 64 valence electrons. The molecule has 0 aromatic heterocycles. The van der Waals surface area contributed by atoms with Crippen molar-refractivity contribution in [1.29, 1.82) is 0 Å². The molecule has 0 rings (SSSR count). The summed E-state index contributed by atoms with van der Waals surface area (Å²) in [5.74, 6) is 0.0233. The molecule has 0 aromatic carbocycles. The van der Waals surface area contributed by atoms with Gasteiger partial charge in [0, 0.05) is 0 Å². The van der Waals surface area contributed by atoms with E-state index >= 15 is 0 Å². The van der Waals surface area contributed by atoms with E-state index in [-0.39, 0.29) is 5.97 Å². The Balaban J connectivity index is 3.04. The van der Waals surface area contributed by atoms with Crippen LogP contribution in [0, 0.1) is 0 Å².